The van der Waals surface area contributed by atoms with Crippen molar-refractivity contribution >= 4 is 24.2 Å². The third-order valence-electron chi connectivity index (χ3n) is 3.11. The Morgan fingerprint density at radius 2 is 2.11 bits per heavy atom. The topological polar surface area (TPSA) is 75.4 Å². The second-order valence-corrected chi connectivity index (χ2v) is 4.39. The molecule has 106 valence electrons. The van der Waals surface area contributed by atoms with E-state index in [9.17, 15) is 9.59 Å². The largest absolute Gasteiger partial charge is 0.354 e. The Morgan fingerprint density at radius 1 is 1.39 bits per heavy atom. The van der Waals surface area contributed by atoms with Crippen molar-refractivity contribution in [2.24, 2.45) is 5.73 Å². The van der Waals surface area contributed by atoms with E-state index in [2.05, 4.69) is 5.32 Å². The number of hydrogen-bond donors (Lipinski definition) is 2. The first-order chi connectivity index (χ1) is 8.20. The Morgan fingerprint density at radius 3 is 2.72 bits per heavy atom. The van der Waals surface area contributed by atoms with Gasteiger partial charge in [-0.05, 0) is 32.2 Å². The molecule has 5 nitrogen and oxygen atoms in total. The summed E-state index contributed by atoms with van der Waals surface area (Å²) in [5.41, 5.74) is 5.37. The molecule has 1 atom stereocenters. The maximum Gasteiger partial charge on any atom is 0.242 e. The number of rotatable bonds is 5. The number of piperidine rings is 1. The standard InChI is InChI=1S/C12H23N3O2.ClH/c1-2-11(16)15-9-4-3-6-10(15)12(17)14-8-5-7-13;/h10H,2-9,13H2,1H3,(H,14,17);1H. The molecule has 1 fully saturated rings. The fourth-order valence-corrected chi connectivity index (χ4v) is 2.14. The van der Waals surface area contributed by atoms with Crippen LogP contribution >= 0.6 is 12.4 Å². The van der Waals surface area contributed by atoms with Crippen molar-refractivity contribution < 1.29 is 9.59 Å². The lowest BCUT2D eigenvalue weighted by Gasteiger charge is -2.34. The number of nitrogens with one attached hydrogen (secondary N) is 1. The van der Waals surface area contributed by atoms with Gasteiger partial charge in [0.15, 0.2) is 0 Å². The molecule has 6 heteroatoms. The smallest absolute Gasteiger partial charge is 0.242 e. The summed E-state index contributed by atoms with van der Waals surface area (Å²) in [5.74, 6) is 0.0450. The maximum atomic E-state index is 12.0. The van der Waals surface area contributed by atoms with E-state index in [-0.39, 0.29) is 30.3 Å². The molecule has 1 saturated heterocycles. The van der Waals surface area contributed by atoms with Gasteiger partial charge in [0.2, 0.25) is 11.8 Å². The van der Waals surface area contributed by atoms with Crippen LogP contribution in [0.3, 0.4) is 0 Å². The lowest BCUT2D eigenvalue weighted by atomic mass is 10.0. The number of carbonyl (C=O) groups excluding carboxylic acids is 2. The second-order valence-electron chi connectivity index (χ2n) is 4.39. The molecule has 0 aromatic rings. The lowest BCUT2D eigenvalue weighted by molar-refractivity contribution is -0.142. The van der Waals surface area contributed by atoms with Gasteiger partial charge >= 0.3 is 0 Å². The number of carbonyl (C=O) groups is 2. The van der Waals surface area contributed by atoms with Crippen LogP contribution in [0.4, 0.5) is 0 Å². The molecule has 0 aromatic heterocycles. The average Bonchev–Trinajstić information content (AvgIpc) is 2.38. The van der Waals surface area contributed by atoms with Crippen molar-refractivity contribution in [1.29, 1.82) is 0 Å². The van der Waals surface area contributed by atoms with Crippen LogP contribution in [0.5, 0.6) is 0 Å². The highest BCUT2D eigenvalue weighted by Crippen LogP contribution is 2.18. The van der Waals surface area contributed by atoms with Gasteiger partial charge < -0.3 is 16.0 Å². The van der Waals surface area contributed by atoms with Crippen molar-refractivity contribution in [2.75, 3.05) is 19.6 Å². The minimum absolute atomic E-state index is 0. The molecule has 1 rings (SSSR count). The van der Waals surface area contributed by atoms with Gasteiger partial charge in [-0.25, -0.2) is 0 Å². The Bertz CT molecular complexity index is 274. The highest BCUT2D eigenvalue weighted by molar-refractivity contribution is 5.87. The van der Waals surface area contributed by atoms with Crippen LogP contribution in [0.1, 0.15) is 39.0 Å². The predicted octanol–water partition coefficient (Wildman–Crippen LogP) is 0.664. The molecule has 1 heterocycles. The zero-order valence-electron chi connectivity index (χ0n) is 11.0. The Hall–Kier alpha value is -0.810. The molecule has 2 amide bonds. The molecule has 0 radical (unpaired) electrons. The van der Waals surface area contributed by atoms with Gasteiger partial charge in [0.05, 0.1) is 0 Å². The molecule has 1 aliphatic heterocycles. The molecule has 1 unspecified atom stereocenters. The summed E-state index contributed by atoms with van der Waals surface area (Å²) >= 11 is 0. The first kappa shape index (κ1) is 17.2. The number of hydrogen-bond acceptors (Lipinski definition) is 3. The second kappa shape index (κ2) is 9.16. The number of halogens is 1. The van der Waals surface area contributed by atoms with Gasteiger partial charge in [0, 0.05) is 19.5 Å². The number of amides is 2. The zero-order valence-corrected chi connectivity index (χ0v) is 11.8. The lowest BCUT2D eigenvalue weighted by Crippen LogP contribution is -2.52. The fraction of sp³-hybridized carbons (Fsp3) is 0.833. The molecule has 1 aliphatic rings. The van der Waals surface area contributed by atoms with Gasteiger partial charge in [-0.1, -0.05) is 6.92 Å². The SMILES string of the molecule is CCC(=O)N1CCCCC1C(=O)NCCCN.Cl. The van der Waals surface area contributed by atoms with E-state index in [0.29, 0.717) is 26.1 Å². The van der Waals surface area contributed by atoms with Crippen molar-refractivity contribution in [3.63, 3.8) is 0 Å². The van der Waals surface area contributed by atoms with Crippen molar-refractivity contribution in [3.8, 4) is 0 Å². The van der Waals surface area contributed by atoms with E-state index in [1.807, 2.05) is 6.92 Å². The van der Waals surface area contributed by atoms with Crippen LogP contribution in [0.2, 0.25) is 0 Å². The van der Waals surface area contributed by atoms with E-state index in [4.69, 9.17) is 5.73 Å². The maximum absolute atomic E-state index is 12.0. The number of likely N-dealkylation sites (tertiary alicyclic amines) is 1. The predicted molar refractivity (Wildman–Crippen MR) is 73.6 cm³/mol. The first-order valence-electron chi connectivity index (χ1n) is 6.48. The van der Waals surface area contributed by atoms with E-state index in [1.165, 1.54) is 0 Å². The monoisotopic (exact) mass is 277 g/mol. The van der Waals surface area contributed by atoms with Gasteiger partial charge in [0.25, 0.3) is 0 Å². The summed E-state index contributed by atoms with van der Waals surface area (Å²) in [6.45, 7) is 3.71. The van der Waals surface area contributed by atoms with E-state index in [1.54, 1.807) is 4.90 Å². The summed E-state index contributed by atoms with van der Waals surface area (Å²) in [6, 6.07) is -0.269. The van der Waals surface area contributed by atoms with Crippen LogP contribution in [-0.2, 0) is 9.59 Å². The highest BCUT2D eigenvalue weighted by Gasteiger charge is 2.30. The quantitative estimate of drug-likeness (QED) is 0.725. The van der Waals surface area contributed by atoms with Crippen LogP contribution in [0, 0.1) is 0 Å². The van der Waals surface area contributed by atoms with E-state index < -0.39 is 0 Å². The molecule has 0 aliphatic carbocycles. The Balaban J connectivity index is 0.00000289. The minimum atomic E-state index is -0.269. The zero-order chi connectivity index (χ0) is 12.7. The third kappa shape index (κ3) is 4.82. The van der Waals surface area contributed by atoms with Crippen LogP contribution in [0.15, 0.2) is 0 Å². The molecule has 0 spiro atoms. The van der Waals surface area contributed by atoms with Crippen molar-refractivity contribution in [1.82, 2.24) is 10.2 Å². The van der Waals surface area contributed by atoms with Gasteiger partial charge in [0.1, 0.15) is 6.04 Å². The number of nitrogens with two attached hydrogens (primary N) is 1. The van der Waals surface area contributed by atoms with Crippen LogP contribution in [-0.4, -0.2) is 42.4 Å². The van der Waals surface area contributed by atoms with E-state index in [0.717, 1.165) is 25.7 Å². The molecule has 0 aromatic carbocycles. The normalized spacial score (nSPS) is 19.0. The molecular formula is C12H24ClN3O2. The first-order valence-corrected chi connectivity index (χ1v) is 6.48. The summed E-state index contributed by atoms with van der Waals surface area (Å²) < 4.78 is 0. The Labute approximate surface area is 115 Å². The molecule has 0 saturated carbocycles. The van der Waals surface area contributed by atoms with Gasteiger partial charge in [-0.15, -0.1) is 12.4 Å². The van der Waals surface area contributed by atoms with Crippen molar-refractivity contribution in [3.05, 3.63) is 0 Å². The highest BCUT2D eigenvalue weighted by atomic mass is 35.5. The van der Waals surface area contributed by atoms with Gasteiger partial charge in [-0.3, -0.25) is 9.59 Å². The summed E-state index contributed by atoms with van der Waals surface area (Å²) in [7, 11) is 0. The van der Waals surface area contributed by atoms with Crippen LogP contribution in [0.25, 0.3) is 0 Å². The summed E-state index contributed by atoms with van der Waals surface area (Å²) in [6.07, 6.45) is 4.04. The minimum Gasteiger partial charge on any atom is -0.354 e. The summed E-state index contributed by atoms with van der Waals surface area (Å²) in [5, 5.41) is 2.85. The molecule has 18 heavy (non-hydrogen) atoms. The van der Waals surface area contributed by atoms with E-state index >= 15 is 0 Å². The molecule has 3 N–H and O–H groups in total. The average molecular weight is 278 g/mol. The van der Waals surface area contributed by atoms with Gasteiger partial charge in [-0.2, -0.15) is 0 Å². The van der Waals surface area contributed by atoms with Crippen molar-refractivity contribution in [2.45, 2.75) is 45.1 Å². The fourth-order valence-electron chi connectivity index (χ4n) is 2.14. The molecular weight excluding hydrogens is 254 g/mol. The Kier molecular flexibility index (Phi) is 8.75. The van der Waals surface area contributed by atoms with Crippen LogP contribution < -0.4 is 11.1 Å². The number of nitrogens with zero attached hydrogens (tertiary/aromatic N) is 1. The summed E-state index contributed by atoms with van der Waals surface area (Å²) in [4.78, 5) is 25.4. The third-order valence-corrected chi connectivity index (χ3v) is 3.11. The molecule has 0 bridgehead atoms.